The Balaban J connectivity index is 1.92. The number of pyridine rings is 1. The van der Waals surface area contributed by atoms with Crippen molar-refractivity contribution in [1.29, 1.82) is 0 Å². The molecule has 6 nitrogen and oxygen atoms in total. The first-order chi connectivity index (χ1) is 14.6. The number of benzene rings is 2. The van der Waals surface area contributed by atoms with Crippen LogP contribution in [0.1, 0.15) is 25.0 Å². The molecule has 1 aromatic heterocycles. The quantitative estimate of drug-likeness (QED) is 0.231. The predicted octanol–water partition coefficient (Wildman–Crippen LogP) is 5.03. The number of aromatic nitrogens is 1. The molecule has 0 saturated carbocycles. The molecule has 1 heterocycles. The van der Waals surface area contributed by atoms with Crippen LogP contribution in [-0.2, 0) is 10.1 Å². The van der Waals surface area contributed by atoms with E-state index in [0.29, 0.717) is 28.8 Å². The van der Waals surface area contributed by atoms with E-state index in [1.807, 2.05) is 36.4 Å². The number of fused-ring (bicyclic) bond motifs is 1. The third kappa shape index (κ3) is 4.69. The smallest absolute Gasteiger partial charge is 0.203 e. The largest absolute Gasteiger partial charge is 0.493 e. The first kappa shape index (κ1) is 23.8. The van der Waals surface area contributed by atoms with Crippen molar-refractivity contribution < 1.29 is 14.2 Å². The lowest BCUT2D eigenvalue weighted by atomic mass is 9.87. The molecule has 3 rings (SSSR count). The molecule has 3 N–H and O–H groups in total. The molecule has 8 heteroatoms. The molecule has 0 bridgehead atoms. The minimum absolute atomic E-state index is 0.484. The number of nitrogens with zero attached hydrogens (tertiary/aromatic N) is 1. The molecule has 166 valence electrons. The summed E-state index contributed by atoms with van der Waals surface area (Å²) < 4.78 is 15.6. The number of nitrogens with two attached hydrogens (primary N) is 1. The summed E-state index contributed by atoms with van der Waals surface area (Å²) in [6.07, 6.45) is 1.77. The van der Waals surface area contributed by atoms with E-state index in [1.165, 1.54) is 0 Å². The minimum Gasteiger partial charge on any atom is -0.493 e. The molecule has 0 aliphatic rings. The zero-order chi connectivity index (χ0) is 22.8. The van der Waals surface area contributed by atoms with Crippen LogP contribution in [0.5, 0.6) is 17.2 Å². The van der Waals surface area contributed by atoms with Crippen LogP contribution in [0.4, 0.5) is 0 Å². The van der Waals surface area contributed by atoms with Crippen LogP contribution >= 0.6 is 34.2 Å². The fourth-order valence-electron chi connectivity index (χ4n) is 3.46. The van der Waals surface area contributed by atoms with Crippen LogP contribution < -0.4 is 25.3 Å². The fraction of sp³-hybridized carbons (Fsp3) is 0.348. The number of hydrogen-bond acceptors (Lipinski definition) is 6. The number of nitrogens with one attached hydrogen (secondary N) is 1. The molecule has 0 aliphatic carbocycles. The first-order valence-corrected chi connectivity index (χ1v) is 11.2. The van der Waals surface area contributed by atoms with Gasteiger partial charge in [-0.25, -0.2) is 0 Å². The van der Waals surface area contributed by atoms with Crippen LogP contribution in [0.3, 0.4) is 0 Å². The molecule has 0 spiro atoms. The van der Waals surface area contributed by atoms with Gasteiger partial charge in [-0.2, -0.15) is 0 Å². The van der Waals surface area contributed by atoms with Gasteiger partial charge in [0.1, 0.15) is 3.55 Å². The van der Waals surface area contributed by atoms with Gasteiger partial charge in [-0.05, 0) is 55.3 Å². The highest BCUT2D eigenvalue weighted by atomic mass is 127. The summed E-state index contributed by atoms with van der Waals surface area (Å²) in [6, 6.07) is 11.5. The van der Waals surface area contributed by atoms with Crippen molar-refractivity contribution in [3.05, 3.63) is 58.7 Å². The lowest BCUT2D eigenvalue weighted by Crippen LogP contribution is -2.58. The number of methoxy groups -OCH3 is 3. The maximum Gasteiger partial charge on any atom is 0.203 e. The molecule has 2 aromatic carbocycles. The summed E-state index contributed by atoms with van der Waals surface area (Å²) in [7, 11) is 4.80. The Morgan fingerprint density at radius 2 is 1.68 bits per heavy atom. The van der Waals surface area contributed by atoms with E-state index in [0.717, 1.165) is 22.0 Å². The van der Waals surface area contributed by atoms with Crippen LogP contribution in [0.2, 0.25) is 5.02 Å². The average molecular weight is 556 g/mol. The van der Waals surface area contributed by atoms with Gasteiger partial charge in [-0.1, -0.05) is 40.3 Å². The number of hydrogen-bond donors (Lipinski definition) is 2. The summed E-state index contributed by atoms with van der Waals surface area (Å²) in [5, 5.41) is 5.22. The number of ether oxygens (including phenoxy) is 3. The molecule has 31 heavy (non-hydrogen) atoms. The molecule has 1 unspecified atom stereocenters. The molecule has 0 aliphatic heterocycles. The molecular weight excluding hydrogens is 529 g/mol. The Labute approximate surface area is 201 Å². The Kier molecular flexibility index (Phi) is 7.20. The molecular formula is C23H27ClIN3O3. The summed E-state index contributed by atoms with van der Waals surface area (Å²) in [6.45, 7) is 4.72. The van der Waals surface area contributed by atoms with Crippen LogP contribution in [-0.4, -0.2) is 31.9 Å². The summed E-state index contributed by atoms with van der Waals surface area (Å²) in [5.74, 6) is 1.79. The maximum atomic E-state index is 6.94. The maximum absolute atomic E-state index is 6.94. The van der Waals surface area contributed by atoms with Crippen molar-refractivity contribution >= 4 is 45.1 Å². The zero-order valence-electron chi connectivity index (χ0n) is 18.3. The van der Waals surface area contributed by atoms with Gasteiger partial charge < -0.3 is 25.3 Å². The summed E-state index contributed by atoms with van der Waals surface area (Å²) in [4.78, 5) is 4.44. The van der Waals surface area contributed by atoms with Crippen LogP contribution in [0.15, 0.2) is 42.6 Å². The summed E-state index contributed by atoms with van der Waals surface area (Å²) >= 11 is 8.46. The minimum atomic E-state index is -0.736. The second kappa shape index (κ2) is 9.36. The number of alkyl halides is 1. The lowest BCUT2D eigenvalue weighted by Gasteiger charge is -2.41. The second-order valence-corrected chi connectivity index (χ2v) is 9.88. The highest BCUT2D eigenvalue weighted by Gasteiger charge is 2.42. The van der Waals surface area contributed by atoms with Gasteiger partial charge in [0.25, 0.3) is 0 Å². The Morgan fingerprint density at radius 1 is 1.03 bits per heavy atom. The van der Waals surface area contributed by atoms with Gasteiger partial charge in [0.15, 0.2) is 11.5 Å². The SMILES string of the molecule is COc1cc(CNC(C)(C)C(N)(I)c2ccnc3cc(Cl)ccc23)cc(OC)c1OC. The normalized spacial score (nSPS) is 13.7. The Morgan fingerprint density at radius 3 is 2.26 bits per heavy atom. The Hall–Kier alpha value is -1.81. The molecule has 1 atom stereocenters. The monoisotopic (exact) mass is 555 g/mol. The van der Waals surface area contributed by atoms with Gasteiger partial charge >= 0.3 is 0 Å². The second-order valence-electron chi connectivity index (χ2n) is 7.74. The average Bonchev–Trinajstić information content (AvgIpc) is 2.75. The van der Waals surface area contributed by atoms with Crippen molar-refractivity contribution in [2.45, 2.75) is 29.5 Å². The zero-order valence-corrected chi connectivity index (χ0v) is 21.2. The van der Waals surface area contributed by atoms with E-state index in [9.17, 15) is 0 Å². The van der Waals surface area contributed by atoms with E-state index < -0.39 is 9.08 Å². The van der Waals surface area contributed by atoms with E-state index in [-0.39, 0.29) is 0 Å². The fourth-order valence-corrected chi connectivity index (χ4v) is 4.29. The third-order valence-electron chi connectivity index (χ3n) is 5.47. The number of rotatable bonds is 8. The van der Waals surface area contributed by atoms with Crippen molar-refractivity contribution in [3.8, 4) is 17.2 Å². The molecule has 0 fully saturated rings. The van der Waals surface area contributed by atoms with E-state index in [1.54, 1.807) is 27.5 Å². The van der Waals surface area contributed by atoms with Crippen molar-refractivity contribution in [2.75, 3.05) is 21.3 Å². The van der Waals surface area contributed by atoms with Gasteiger partial charge in [0, 0.05) is 28.7 Å². The van der Waals surface area contributed by atoms with Crippen molar-refractivity contribution in [3.63, 3.8) is 0 Å². The summed E-state index contributed by atoms with van der Waals surface area (Å²) in [5.41, 5.74) is 9.24. The van der Waals surface area contributed by atoms with Crippen LogP contribution in [0, 0.1) is 0 Å². The molecule has 0 radical (unpaired) electrons. The van der Waals surface area contributed by atoms with Gasteiger partial charge in [-0.15, -0.1) is 0 Å². The molecule has 3 aromatic rings. The van der Waals surface area contributed by atoms with Crippen molar-refractivity contribution in [1.82, 2.24) is 10.3 Å². The van der Waals surface area contributed by atoms with Crippen LogP contribution in [0.25, 0.3) is 10.9 Å². The lowest BCUT2D eigenvalue weighted by molar-refractivity contribution is 0.304. The van der Waals surface area contributed by atoms with E-state index in [4.69, 9.17) is 31.5 Å². The van der Waals surface area contributed by atoms with Gasteiger partial charge in [-0.3, -0.25) is 4.98 Å². The van der Waals surface area contributed by atoms with E-state index in [2.05, 4.69) is 46.7 Å². The molecule has 0 saturated heterocycles. The van der Waals surface area contributed by atoms with Gasteiger partial charge in [0.05, 0.1) is 26.8 Å². The van der Waals surface area contributed by atoms with E-state index >= 15 is 0 Å². The predicted molar refractivity (Wildman–Crippen MR) is 134 cm³/mol. The number of halogens is 2. The third-order valence-corrected chi connectivity index (χ3v) is 7.63. The highest BCUT2D eigenvalue weighted by Crippen LogP contribution is 2.41. The standard InChI is InChI=1S/C23H27ClIN3O3/c1-22(2,28-13-14-10-19(29-3)21(31-5)20(11-14)30-4)23(25,26)17-8-9-27-18-12-15(24)6-7-16(17)18/h6-12,28H,13,26H2,1-5H3. The van der Waals surface area contributed by atoms with Crippen molar-refractivity contribution in [2.24, 2.45) is 5.73 Å². The topological polar surface area (TPSA) is 78.6 Å². The molecule has 0 amide bonds. The van der Waals surface area contributed by atoms with Gasteiger partial charge in [0.2, 0.25) is 5.75 Å². The highest BCUT2D eigenvalue weighted by molar-refractivity contribution is 14.1. The first-order valence-electron chi connectivity index (χ1n) is 9.71. The Bertz CT molecular complexity index is 1060.